The molecule has 0 heterocycles. The topological polar surface area (TPSA) is 64.1 Å². The lowest BCUT2D eigenvalue weighted by atomic mass is 10.2. The van der Waals surface area contributed by atoms with Gasteiger partial charge >= 0.3 is 0 Å². The molecule has 0 rings (SSSR count). The van der Waals surface area contributed by atoms with Crippen molar-refractivity contribution in [3.05, 3.63) is 12.7 Å². The monoisotopic (exact) mass is 172 g/mol. The van der Waals surface area contributed by atoms with Crippen molar-refractivity contribution in [2.45, 2.75) is 32.6 Å². The first-order valence-corrected chi connectivity index (χ1v) is 4.21. The molecule has 1 amide bonds. The maximum Gasteiger partial charge on any atom is 0.243 e. The van der Waals surface area contributed by atoms with E-state index in [4.69, 9.17) is 0 Å². The summed E-state index contributed by atoms with van der Waals surface area (Å²) in [5, 5.41) is 2.73. The predicted octanol–water partition coefficient (Wildman–Crippen LogP) is 2.03. The average Bonchev–Trinajstić information content (AvgIpc) is 2.04. The van der Waals surface area contributed by atoms with Gasteiger partial charge in [0.15, 0.2) is 0 Å². The summed E-state index contributed by atoms with van der Waals surface area (Å²) in [5.41, 5.74) is 0. The maximum absolute atomic E-state index is 10.6. The van der Waals surface area contributed by atoms with E-state index in [-0.39, 0.29) is 12.1 Å². The smallest absolute Gasteiger partial charge is 0.243 e. The molecular weight excluding hydrogens is 152 g/mol. The third kappa shape index (κ3) is 9.17. The molecule has 0 aromatic carbocycles. The summed E-state index contributed by atoms with van der Waals surface area (Å²) in [6.07, 6.45) is 6.07. The SMILES string of the molecule is C=CC(=O)NCCCCCC.N. The highest BCUT2D eigenvalue weighted by Crippen LogP contribution is 1.96. The van der Waals surface area contributed by atoms with Crippen LogP contribution < -0.4 is 11.5 Å². The summed E-state index contributed by atoms with van der Waals surface area (Å²) >= 11 is 0. The fourth-order valence-corrected chi connectivity index (χ4v) is 0.836. The van der Waals surface area contributed by atoms with Crippen LogP contribution in [0.4, 0.5) is 0 Å². The van der Waals surface area contributed by atoms with E-state index < -0.39 is 0 Å². The van der Waals surface area contributed by atoms with E-state index in [0.717, 1.165) is 13.0 Å². The molecule has 0 saturated heterocycles. The molecule has 0 aliphatic rings. The van der Waals surface area contributed by atoms with Gasteiger partial charge in [0.2, 0.25) is 5.91 Å². The minimum Gasteiger partial charge on any atom is -0.353 e. The molecule has 4 N–H and O–H groups in total. The highest BCUT2D eigenvalue weighted by atomic mass is 16.1. The van der Waals surface area contributed by atoms with E-state index in [9.17, 15) is 4.79 Å². The zero-order valence-electron chi connectivity index (χ0n) is 7.94. The first-order chi connectivity index (χ1) is 5.31. The molecule has 0 aliphatic heterocycles. The quantitative estimate of drug-likeness (QED) is 0.475. The van der Waals surface area contributed by atoms with E-state index in [1.807, 2.05) is 0 Å². The number of hydrogen-bond donors (Lipinski definition) is 2. The number of amides is 1. The Morgan fingerprint density at radius 2 is 2.08 bits per heavy atom. The molecule has 0 saturated carbocycles. The van der Waals surface area contributed by atoms with E-state index >= 15 is 0 Å². The Kier molecular flexibility index (Phi) is 11.6. The first kappa shape index (κ1) is 13.7. The number of rotatable bonds is 6. The Bertz CT molecular complexity index is 124. The number of unbranched alkanes of at least 4 members (excludes halogenated alkanes) is 3. The lowest BCUT2D eigenvalue weighted by Gasteiger charge is -2.00. The van der Waals surface area contributed by atoms with Crippen LogP contribution in [0.25, 0.3) is 0 Å². The summed E-state index contributed by atoms with van der Waals surface area (Å²) < 4.78 is 0. The molecule has 0 unspecified atom stereocenters. The molecule has 3 nitrogen and oxygen atoms in total. The van der Waals surface area contributed by atoms with Crippen molar-refractivity contribution in [1.29, 1.82) is 0 Å². The molecule has 3 heteroatoms. The van der Waals surface area contributed by atoms with Gasteiger partial charge in [-0.25, -0.2) is 0 Å². The van der Waals surface area contributed by atoms with Gasteiger partial charge in [0, 0.05) is 6.54 Å². The van der Waals surface area contributed by atoms with Crippen LogP contribution in [0.2, 0.25) is 0 Å². The van der Waals surface area contributed by atoms with Crippen molar-refractivity contribution >= 4 is 5.91 Å². The fraction of sp³-hybridized carbons (Fsp3) is 0.667. The Morgan fingerprint density at radius 3 is 2.58 bits per heavy atom. The second-order valence-corrected chi connectivity index (χ2v) is 2.56. The zero-order valence-corrected chi connectivity index (χ0v) is 7.94. The van der Waals surface area contributed by atoms with Crippen LogP contribution in [0.3, 0.4) is 0 Å². The van der Waals surface area contributed by atoms with Gasteiger partial charge in [-0.05, 0) is 12.5 Å². The van der Waals surface area contributed by atoms with Crippen molar-refractivity contribution in [2.24, 2.45) is 0 Å². The Morgan fingerprint density at radius 1 is 1.42 bits per heavy atom. The fourth-order valence-electron chi connectivity index (χ4n) is 0.836. The highest BCUT2D eigenvalue weighted by Gasteiger charge is 1.91. The lowest BCUT2D eigenvalue weighted by Crippen LogP contribution is -2.21. The largest absolute Gasteiger partial charge is 0.353 e. The minimum absolute atomic E-state index is 0. The van der Waals surface area contributed by atoms with Gasteiger partial charge in [-0.3, -0.25) is 4.79 Å². The van der Waals surface area contributed by atoms with Crippen molar-refractivity contribution in [1.82, 2.24) is 11.5 Å². The Balaban J connectivity index is 0. The van der Waals surface area contributed by atoms with Crippen LogP contribution in [0.1, 0.15) is 32.6 Å². The first-order valence-electron chi connectivity index (χ1n) is 4.21. The molecule has 0 aliphatic carbocycles. The second kappa shape index (κ2) is 10.2. The van der Waals surface area contributed by atoms with E-state index in [2.05, 4.69) is 18.8 Å². The summed E-state index contributed by atoms with van der Waals surface area (Å²) in [7, 11) is 0. The number of hydrogen-bond acceptors (Lipinski definition) is 2. The van der Waals surface area contributed by atoms with Gasteiger partial charge in [0.1, 0.15) is 0 Å². The maximum atomic E-state index is 10.6. The molecule has 0 atom stereocenters. The van der Waals surface area contributed by atoms with Crippen LogP contribution >= 0.6 is 0 Å². The summed E-state index contributed by atoms with van der Waals surface area (Å²) in [4.78, 5) is 10.6. The van der Waals surface area contributed by atoms with Gasteiger partial charge in [0.25, 0.3) is 0 Å². The number of nitrogens with one attached hydrogen (secondary N) is 1. The van der Waals surface area contributed by atoms with E-state index in [1.165, 1.54) is 25.3 Å². The van der Waals surface area contributed by atoms with Crippen LogP contribution in [0.5, 0.6) is 0 Å². The molecule has 72 valence electrons. The van der Waals surface area contributed by atoms with Crippen molar-refractivity contribution in [2.75, 3.05) is 6.54 Å². The summed E-state index contributed by atoms with van der Waals surface area (Å²) in [6, 6.07) is 0. The van der Waals surface area contributed by atoms with E-state index in [1.54, 1.807) is 0 Å². The summed E-state index contributed by atoms with van der Waals surface area (Å²) in [6.45, 7) is 6.32. The van der Waals surface area contributed by atoms with Gasteiger partial charge in [-0.15, -0.1) is 0 Å². The van der Waals surface area contributed by atoms with Gasteiger partial charge in [0.05, 0.1) is 0 Å². The molecule has 0 radical (unpaired) electrons. The number of carbonyl (C=O) groups excluding carboxylic acids is 1. The van der Waals surface area contributed by atoms with Crippen molar-refractivity contribution in [3.63, 3.8) is 0 Å². The highest BCUT2D eigenvalue weighted by molar-refractivity contribution is 5.86. The van der Waals surface area contributed by atoms with Gasteiger partial charge in [-0.1, -0.05) is 32.8 Å². The van der Waals surface area contributed by atoms with Crippen LogP contribution in [0, 0.1) is 0 Å². The predicted molar refractivity (Wildman–Crippen MR) is 52.4 cm³/mol. The third-order valence-corrected chi connectivity index (χ3v) is 1.51. The van der Waals surface area contributed by atoms with Gasteiger partial charge in [-0.2, -0.15) is 0 Å². The number of carbonyl (C=O) groups is 1. The zero-order chi connectivity index (χ0) is 8.53. The van der Waals surface area contributed by atoms with Crippen molar-refractivity contribution in [3.8, 4) is 0 Å². The Hall–Kier alpha value is -0.830. The van der Waals surface area contributed by atoms with Crippen LogP contribution in [-0.4, -0.2) is 12.5 Å². The normalized spacial score (nSPS) is 8.42. The average molecular weight is 172 g/mol. The standard InChI is InChI=1S/C9H17NO.H3N/c1-3-5-6-7-8-10-9(11)4-2;/h4H,2-3,5-8H2,1H3,(H,10,11);1H3. The molecule has 0 aromatic rings. The summed E-state index contributed by atoms with van der Waals surface area (Å²) in [5.74, 6) is -0.0681. The lowest BCUT2D eigenvalue weighted by molar-refractivity contribution is -0.116. The molecule has 0 bridgehead atoms. The van der Waals surface area contributed by atoms with E-state index in [0.29, 0.717) is 0 Å². The van der Waals surface area contributed by atoms with Crippen LogP contribution in [-0.2, 0) is 4.79 Å². The molecule has 0 spiro atoms. The molecule has 0 aromatic heterocycles. The minimum atomic E-state index is -0.0681. The molecular formula is C9H20N2O. The Labute approximate surface area is 74.8 Å². The molecule has 0 fully saturated rings. The third-order valence-electron chi connectivity index (χ3n) is 1.51. The van der Waals surface area contributed by atoms with Crippen molar-refractivity contribution < 1.29 is 4.79 Å². The second-order valence-electron chi connectivity index (χ2n) is 2.56. The van der Waals surface area contributed by atoms with Gasteiger partial charge < -0.3 is 11.5 Å². The van der Waals surface area contributed by atoms with Crippen LogP contribution in [0.15, 0.2) is 12.7 Å². The molecule has 12 heavy (non-hydrogen) atoms.